The number of nitrogens with zero attached hydrogens (tertiary/aromatic N) is 2. The first-order valence-corrected chi connectivity index (χ1v) is 8.71. The number of carbonyl (C=O) groups is 1. The van der Waals surface area contributed by atoms with Crippen LogP contribution in [0.3, 0.4) is 0 Å². The Bertz CT molecular complexity index is 769. The second kappa shape index (κ2) is 9.01. The average molecular weight is 379 g/mol. The number of likely N-dealkylation sites (N-methyl/N-ethyl adjacent to an activating group) is 2. The fourth-order valence-electron chi connectivity index (χ4n) is 2.77. The summed E-state index contributed by atoms with van der Waals surface area (Å²) in [6.07, 6.45) is 0. The van der Waals surface area contributed by atoms with Crippen LogP contribution in [0.5, 0.6) is 5.75 Å². The molecule has 1 unspecified atom stereocenters. The van der Waals surface area contributed by atoms with Crippen molar-refractivity contribution in [2.75, 3.05) is 21.2 Å². The first-order chi connectivity index (χ1) is 12.3. The summed E-state index contributed by atoms with van der Waals surface area (Å²) in [6, 6.07) is 11.3. The number of hydrogen-bond donors (Lipinski definition) is 0. The summed E-state index contributed by atoms with van der Waals surface area (Å²) >= 11 is 6.07. The second-order valence-corrected chi connectivity index (χ2v) is 6.81. The fraction of sp³-hybridized carbons (Fsp3) is 0.350. The molecule has 0 radical (unpaired) electrons. The van der Waals surface area contributed by atoms with Crippen molar-refractivity contribution >= 4 is 17.5 Å². The third kappa shape index (κ3) is 5.19. The third-order valence-corrected chi connectivity index (χ3v) is 4.60. The lowest BCUT2D eigenvalue weighted by Crippen LogP contribution is -2.43. The molecule has 0 aliphatic heterocycles. The Labute approximate surface area is 159 Å². The molecule has 1 amide bonds. The molecule has 140 valence electrons. The van der Waals surface area contributed by atoms with Gasteiger partial charge in [-0.3, -0.25) is 9.69 Å². The molecule has 0 aromatic heterocycles. The minimum absolute atomic E-state index is 0.0437. The molecule has 1 atom stereocenters. The number of rotatable bonds is 7. The summed E-state index contributed by atoms with van der Waals surface area (Å²) in [6.45, 7) is 2.72. The highest BCUT2D eigenvalue weighted by Gasteiger charge is 2.22. The van der Waals surface area contributed by atoms with Crippen molar-refractivity contribution in [1.82, 2.24) is 9.80 Å². The Morgan fingerprint density at radius 1 is 1.19 bits per heavy atom. The number of carbonyl (C=O) groups excluding carboxylic acids is 1. The van der Waals surface area contributed by atoms with E-state index in [9.17, 15) is 9.18 Å². The zero-order chi connectivity index (χ0) is 19.3. The summed E-state index contributed by atoms with van der Waals surface area (Å²) in [5.74, 6) is 0.383. The van der Waals surface area contributed by atoms with Gasteiger partial charge in [0.1, 0.15) is 11.6 Å². The van der Waals surface area contributed by atoms with E-state index in [0.717, 1.165) is 16.9 Å². The molecule has 2 rings (SSSR count). The zero-order valence-corrected chi connectivity index (χ0v) is 16.3. The van der Waals surface area contributed by atoms with Gasteiger partial charge in [0.2, 0.25) is 5.91 Å². The largest absolute Gasteiger partial charge is 0.496 e. The number of benzene rings is 2. The standard InChI is InChI=1S/C20H24ClFN2O2/c1-14(20(25)24(3)12-15-6-5-7-18(22)10-15)23(2)13-16-11-17(21)8-9-19(16)26-4/h5-11,14H,12-13H2,1-4H3. The lowest BCUT2D eigenvalue weighted by atomic mass is 10.1. The van der Waals surface area contributed by atoms with Crippen LogP contribution in [0.2, 0.25) is 5.02 Å². The summed E-state index contributed by atoms with van der Waals surface area (Å²) in [7, 11) is 5.20. The second-order valence-electron chi connectivity index (χ2n) is 6.37. The van der Waals surface area contributed by atoms with Gasteiger partial charge in [-0.1, -0.05) is 23.7 Å². The van der Waals surface area contributed by atoms with Crippen LogP contribution in [-0.4, -0.2) is 43.0 Å². The van der Waals surface area contributed by atoms with E-state index in [1.165, 1.54) is 12.1 Å². The molecule has 0 aliphatic rings. The Morgan fingerprint density at radius 2 is 1.92 bits per heavy atom. The van der Waals surface area contributed by atoms with E-state index < -0.39 is 0 Å². The zero-order valence-electron chi connectivity index (χ0n) is 15.5. The maximum Gasteiger partial charge on any atom is 0.239 e. The molecule has 2 aromatic carbocycles. The number of halogens is 2. The van der Waals surface area contributed by atoms with Crippen molar-refractivity contribution in [2.24, 2.45) is 0 Å². The van der Waals surface area contributed by atoms with Gasteiger partial charge < -0.3 is 9.64 Å². The van der Waals surface area contributed by atoms with Crippen LogP contribution in [0.1, 0.15) is 18.1 Å². The van der Waals surface area contributed by atoms with Crippen molar-refractivity contribution in [3.8, 4) is 5.75 Å². The van der Waals surface area contributed by atoms with E-state index in [0.29, 0.717) is 18.1 Å². The van der Waals surface area contributed by atoms with E-state index >= 15 is 0 Å². The molecule has 2 aromatic rings. The van der Waals surface area contributed by atoms with Gasteiger partial charge in [0.25, 0.3) is 0 Å². The average Bonchev–Trinajstić information content (AvgIpc) is 2.60. The highest BCUT2D eigenvalue weighted by Crippen LogP contribution is 2.24. The number of ether oxygens (including phenoxy) is 1. The molecule has 26 heavy (non-hydrogen) atoms. The fourth-order valence-corrected chi connectivity index (χ4v) is 2.97. The van der Waals surface area contributed by atoms with E-state index in [1.807, 2.05) is 31.0 Å². The van der Waals surface area contributed by atoms with Crippen LogP contribution in [-0.2, 0) is 17.9 Å². The molecule has 0 saturated carbocycles. The molecule has 0 fully saturated rings. The first-order valence-electron chi connectivity index (χ1n) is 8.34. The summed E-state index contributed by atoms with van der Waals surface area (Å²) < 4.78 is 18.7. The van der Waals surface area contributed by atoms with E-state index in [1.54, 1.807) is 37.3 Å². The highest BCUT2D eigenvalue weighted by atomic mass is 35.5. The maximum atomic E-state index is 13.3. The molecule has 0 heterocycles. The van der Waals surface area contributed by atoms with Crippen molar-refractivity contribution < 1.29 is 13.9 Å². The highest BCUT2D eigenvalue weighted by molar-refractivity contribution is 6.30. The van der Waals surface area contributed by atoms with E-state index in [2.05, 4.69) is 0 Å². The minimum atomic E-state index is -0.350. The van der Waals surface area contributed by atoms with E-state index in [4.69, 9.17) is 16.3 Å². The molecular weight excluding hydrogens is 355 g/mol. The molecule has 6 heteroatoms. The molecule has 4 nitrogen and oxygen atoms in total. The summed E-state index contributed by atoms with van der Waals surface area (Å²) in [5, 5.41) is 0.622. The Balaban J connectivity index is 2.03. The van der Waals surface area contributed by atoms with Crippen LogP contribution >= 0.6 is 11.6 Å². The lowest BCUT2D eigenvalue weighted by Gasteiger charge is -2.28. The van der Waals surface area contributed by atoms with Gasteiger partial charge in [0, 0.05) is 30.7 Å². The Morgan fingerprint density at radius 3 is 2.58 bits per heavy atom. The van der Waals surface area contributed by atoms with Crippen LogP contribution in [0.4, 0.5) is 4.39 Å². The van der Waals surface area contributed by atoms with Gasteiger partial charge in [-0.05, 0) is 49.9 Å². The molecule has 0 aliphatic carbocycles. The normalized spacial score (nSPS) is 12.1. The van der Waals surface area contributed by atoms with Gasteiger partial charge in [-0.2, -0.15) is 0 Å². The van der Waals surface area contributed by atoms with Crippen LogP contribution in [0.15, 0.2) is 42.5 Å². The molecule has 0 saturated heterocycles. The van der Waals surface area contributed by atoms with Gasteiger partial charge in [-0.25, -0.2) is 4.39 Å². The Kier molecular flexibility index (Phi) is 7.00. The smallest absolute Gasteiger partial charge is 0.239 e. The van der Waals surface area contributed by atoms with Crippen LogP contribution in [0, 0.1) is 5.82 Å². The third-order valence-electron chi connectivity index (χ3n) is 4.37. The van der Waals surface area contributed by atoms with Gasteiger partial charge in [-0.15, -0.1) is 0 Å². The topological polar surface area (TPSA) is 32.8 Å². The summed E-state index contributed by atoms with van der Waals surface area (Å²) in [4.78, 5) is 16.3. The van der Waals surface area contributed by atoms with Gasteiger partial charge in [0.15, 0.2) is 0 Å². The van der Waals surface area contributed by atoms with Crippen LogP contribution in [0.25, 0.3) is 0 Å². The number of hydrogen-bond acceptors (Lipinski definition) is 3. The van der Waals surface area contributed by atoms with Crippen molar-refractivity contribution in [1.29, 1.82) is 0 Å². The van der Waals surface area contributed by atoms with Crippen molar-refractivity contribution in [2.45, 2.75) is 26.1 Å². The Hall–Kier alpha value is -2.11. The molecule has 0 N–H and O–H groups in total. The van der Waals surface area contributed by atoms with Crippen molar-refractivity contribution in [3.05, 3.63) is 64.4 Å². The number of methoxy groups -OCH3 is 1. The monoisotopic (exact) mass is 378 g/mol. The van der Waals surface area contributed by atoms with Gasteiger partial charge >= 0.3 is 0 Å². The van der Waals surface area contributed by atoms with Gasteiger partial charge in [0.05, 0.1) is 13.2 Å². The predicted octanol–water partition coefficient (Wildman–Crippen LogP) is 3.97. The van der Waals surface area contributed by atoms with Crippen molar-refractivity contribution in [3.63, 3.8) is 0 Å². The molecule has 0 spiro atoms. The first kappa shape index (κ1) is 20.2. The molecular formula is C20H24ClFN2O2. The van der Waals surface area contributed by atoms with E-state index in [-0.39, 0.29) is 17.8 Å². The quantitative estimate of drug-likeness (QED) is 0.731. The summed E-state index contributed by atoms with van der Waals surface area (Å²) in [5.41, 5.74) is 1.67. The number of amides is 1. The minimum Gasteiger partial charge on any atom is -0.496 e. The lowest BCUT2D eigenvalue weighted by molar-refractivity contribution is -0.135. The SMILES string of the molecule is COc1ccc(Cl)cc1CN(C)C(C)C(=O)N(C)Cc1cccc(F)c1. The van der Waals surface area contributed by atoms with Crippen LogP contribution < -0.4 is 4.74 Å². The maximum absolute atomic E-state index is 13.3. The molecule has 0 bridgehead atoms. The predicted molar refractivity (Wildman–Crippen MR) is 102 cm³/mol.